The summed E-state index contributed by atoms with van der Waals surface area (Å²) in [5.41, 5.74) is 0. The molecular weight excluding hydrogens is 287 g/mol. The van der Waals surface area contributed by atoms with Gasteiger partial charge in [0.1, 0.15) is 0 Å². The molecule has 0 radical (unpaired) electrons. The molecule has 1 N–H and O–H groups in total. The van der Waals surface area contributed by atoms with Gasteiger partial charge in [-0.25, -0.2) is 4.57 Å². The molecule has 0 bridgehead atoms. The van der Waals surface area contributed by atoms with Gasteiger partial charge in [-0.3, -0.25) is 13.6 Å². The van der Waals surface area contributed by atoms with E-state index in [9.17, 15) is 4.57 Å². The van der Waals surface area contributed by atoms with Crippen molar-refractivity contribution in [1.29, 1.82) is 0 Å². The number of rotatable bonds is 13. The molecule has 0 aliphatic rings. The first kappa shape index (κ1) is 20.0. The van der Waals surface area contributed by atoms with Crippen LogP contribution in [0.15, 0.2) is 0 Å². The molecule has 0 aromatic heterocycles. The van der Waals surface area contributed by atoms with Crippen LogP contribution in [0.4, 0.5) is 0 Å². The first-order valence-electron chi connectivity index (χ1n) is 6.76. The van der Waals surface area contributed by atoms with E-state index in [1.165, 1.54) is 0 Å². The number of aliphatic hydroxyl groups excluding tert-OH is 1. The van der Waals surface area contributed by atoms with E-state index in [1.54, 1.807) is 14.0 Å². The summed E-state index contributed by atoms with van der Waals surface area (Å²) in [6.07, 6.45) is 0.412. The summed E-state index contributed by atoms with van der Waals surface area (Å²) in [5.74, 6) is 0. The third kappa shape index (κ3) is 9.83. The summed E-state index contributed by atoms with van der Waals surface area (Å²) in [6.45, 7) is 5.95. The Morgan fingerprint density at radius 1 is 1.10 bits per heavy atom. The van der Waals surface area contributed by atoms with Crippen LogP contribution in [-0.4, -0.2) is 57.5 Å². The highest BCUT2D eigenvalue weighted by Crippen LogP contribution is 2.50. The lowest BCUT2D eigenvalue weighted by Crippen LogP contribution is -2.17. The Morgan fingerprint density at radius 3 is 2.30 bits per heavy atom. The molecule has 122 valence electrons. The van der Waals surface area contributed by atoms with Gasteiger partial charge in [0.25, 0.3) is 0 Å². The molecule has 0 heterocycles. The van der Waals surface area contributed by atoms with Crippen molar-refractivity contribution >= 4 is 7.82 Å². The highest BCUT2D eigenvalue weighted by molar-refractivity contribution is 7.48. The van der Waals surface area contributed by atoms with Crippen molar-refractivity contribution in [2.24, 2.45) is 0 Å². The van der Waals surface area contributed by atoms with E-state index in [4.69, 9.17) is 28.2 Å². The maximum atomic E-state index is 12.2. The maximum absolute atomic E-state index is 12.2. The molecule has 3 atom stereocenters. The Morgan fingerprint density at radius 2 is 1.75 bits per heavy atom. The number of hydrogen-bond acceptors (Lipinski definition) is 7. The number of ether oxygens (including phenoxy) is 2. The molecule has 0 saturated carbocycles. The fraction of sp³-hybridized carbons (Fsp3) is 1.00. The fourth-order valence-electron chi connectivity index (χ4n) is 1.07. The molecule has 0 spiro atoms. The van der Waals surface area contributed by atoms with Crippen LogP contribution in [0.5, 0.6) is 0 Å². The quantitative estimate of drug-likeness (QED) is 0.411. The number of methoxy groups -OCH3 is 1. The molecule has 0 aromatic carbocycles. The van der Waals surface area contributed by atoms with Crippen LogP contribution in [0.25, 0.3) is 0 Å². The molecule has 7 nitrogen and oxygen atoms in total. The lowest BCUT2D eigenvalue weighted by atomic mass is 10.3. The number of aliphatic hydroxyl groups is 1. The predicted octanol–water partition coefficient (Wildman–Crippen LogP) is 1.99. The van der Waals surface area contributed by atoms with Gasteiger partial charge in [-0.15, -0.1) is 0 Å². The second kappa shape index (κ2) is 11.6. The minimum Gasteiger partial charge on any atom is -0.394 e. The minimum absolute atomic E-state index is 0.0104. The smallest absolute Gasteiger partial charge is 0.394 e. The standard InChI is InChI=1S/C12H27O7P/c1-5-11(2)19-20(14,17-7-6-13)18-9-8-16-10-12(3)15-4/h11-13H,5-10H2,1-4H3. The van der Waals surface area contributed by atoms with Crippen molar-refractivity contribution in [1.82, 2.24) is 0 Å². The van der Waals surface area contributed by atoms with Crippen molar-refractivity contribution in [2.75, 3.05) is 40.1 Å². The Labute approximate surface area is 121 Å². The van der Waals surface area contributed by atoms with E-state index < -0.39 is 7.82 Å². The van der Waals surface area contributed by atoms with Crippen molar-refractivity contribution in [3.63, 3.8) is 0 Å². The molecule has 0 aromatic rings. The molecule has 0 aliphatic carbocycles. The van der Waals surface area contributed by atoms with Crippen molar-refractivity contribution in [3.8, 4) is 0 Å². The van der Waals surface area contributed by atoms with Gasteiger partial charge in [0.15, 0.2) is 0 Å². The van der Waals surface area contributed by atoms with Crippen molar-refractivity contribution in [3.05, 3.63) is 0 Å². The monoisotopic (exact) mass is 314 g/mol. The highest BCUT2D eigenvalue weighted by Gasteiger charge is 2.28. The summed E-state index contributed by atoms with van der Waals surface area (Å²) in [6, 6.07) is 0. The summed E-state index contributed by atoms with van der Waals surface area (Å²) in [4.78, 5) is 0. The van der Waals surface area contributed by atoms with Gasteiger partial charge < -0.3 is 14.6 Å². The largest absolute Gasteiger partial charge is 0.475 e. The van der Waals surface area contributed by atoms with Gasteiger partial charge in [0, 0.05) is 7.11 Å². The minimum atomic E-state index is -3.65. The number of hydrogen-bond donors (Lipinski definition) is 1. The molecule has 0 saturated heterocycles. The SMILES string of the molecule is CCC(C)OP(=O)(OCCO)OCCOCC(C)OC. The van der Waals surface area contributed by atoms with E-state index in [0.717, 1.165) is 0 Å². The topological polar surface area (TPSA) is 83.5 Å². The first-order valence-corrected chi connectivity index (χ1v) is 8.22. The maximum Gasteiger partial charge on any atom is 0.475 e. The molecule has 8 heteroatoms. The van der Waals surface area contributed by atoms with Crippen LogP contribution in [0.1, 0.15) is 27.2 Å². The summed E-state index contributed by atoms with van der Waals surface area (Å²) in [5, 5.41) is 8.72. The summed E-state index contributed by atoms with van der Waals surface area (Å²) >= 11 is 0. The Bertz CT molecular complexity index is 275. The molecule has 3 unspecified atom stereocenters. The average molecular weight is 314 g/mol. The average Bonchev–Trinajstić information content (AvgIpc) is 2.44. The van der Waals surface area contributed by atoms with E-state index in [0.29, 0.717) is 13.0 Å². The highest BCUT2D eigenvalue weighted by atomic mass is 31.2. The lowest BCUT2D eigenvalue weighted by molar-refractivity contribution is 0.000831. The summed E-state index contributed by atoms with van der Waals surface area (Å²) < 4.78 is 37.9. The van der Waals surface area contributed by atoms with E-state index >= 15 is 0 Å². The third-order valence-electron chi connectivity index (χ3n) is 2.46. The third-order valence-corrected chi connectivity index (χ3v) is 4.07. The Kier molecular flexibility index (Phi) is 11.6. The van der Waals surface area contributed by atoms with Crippen LogP contribution >= 0.6 is 7.82 Å². The zero-order chi connectivity index (χ0) is 15.4. The second-order valence-electron chi connectivity index (χ2n) is 4.28. The van der Waals surface area contributed by atoms with Gasteiger partial charge in [-0.2, -0.15) is 0 Å². The van der Waals surface area contributed by atoms with Gasteiger partial charge >= 0.3 is 7.82 Å². The van der Waals surface area contributed by atoms with Crippen LogP contribution in [0.2, 0.25) is 0 Å². The number of phosphoric acid groups is 1. The van der Waals surface area contributed by atoms with Crippen molar-refractivity contribution < 1.29 is 32.7 Å². The van der Waals surface area contributed by atoms with Gasteiger partial charge in [-0.1, -0.05) is 6.92 Å². The zero-order valence-corrected chi connectivity index (χ0v) is 13.6. The van der Waals surface area contributed by atoms with Crippen LogP contribution in [-0.2, 0) is 27.6 Å². The predicted molar refractivity (Wildman–Crippen MR) is 74.7 cm³/mol. The van der Waals surface area contributed by atoms with Crippen LogP contribution in [0, 0.1) is 0 Å². The second-order valence-corrected chi connectivity index (χ2v) is 5.90. The van der Waals surface area contributed by atoms with Crippen molar-refractivity contribution in [2.45, 2.75) is 39.4 Å². The Balaban J connectivity index is 4.06. The fourth-order valence-corrected chi connectivity index (χ4v) is 2.46. The normalized spacial score (nSPS) is 17.6. The van der Waals surface area contributed by atoms with Gasteiger partial charge in [0.05, 0.1) is 45.2 Å². The summed E-state index contributed by atoms with van der Waals surface area (Å²) in [7, 11) is -2.05. The molecular formula is C12H27O7P. The van der Waals surface area contributed by atoms with Crippen LogP contribution < -0.4 is 0 Å². The molecule has 0 aliphatic heterocycles. The first-order chi connectivity index (χ1) is 9.47. The van der Waals surface area contributed by atoms with E-state index in [2.05, 4.69) is 0 Å². The number of phosphoric ester groups is 1. The molecule has 0 rings (SSSR count). The Hall–Kier alpha value is -0.0100. The molecule has 0 fully saturated rings. The molecule has 0 amide bonds. The molecule has 20 heavy (non-hydrogen) atoms. The van der Waals surface area contributed by atoms with Crippen LogP contribution in [0.3, 0.4) is 0 Å². The zero-order valence-electron chi connectivity index (χ0n) is 12.7. The van der Waals surface area contributed by atoms with Gasteiger partial charge in [0.2, 0.25) is 0 Å². The lowest BCUT2D eigenvalue weighted by Gasteiger charge is -2.21. The van der Waals surface area contributed by atoms with Gasteiger partial charge in [-0.05, 0) is 20.3 Å². The van der Waals surface area contributed by atoms with E-state index in [1.807, 2.05) is 13.8 Å². The van der Waals surface area contributed by atoms with E-state index in [-0.39, 0.29) is 38.6 Å².